The van der Waals surface area contributed by atoms with Gasteiger partial charge in [0.25, 0.3) is 11.5 Å². The molecule has 10 nitrogen and oxygen atoms in total. The minimum atomic E-state index is -0.767. The molecule has 3 heterocycles. The summed E-state index contributed by atoms with van der Waals surface area (Å²) in [5.74, 6) is -1.03. The van der Waals surface area contributed by atoms with E-state index in [0.717, 1.165) is 24.5 Å². The van der Waals surface area contributed by atoms with E-state index in [2.05, 4.69) is 15.3 Å². The van der Waals surface area contributed by atoms with E-state index in [1.54, 1.807) is 16.8 Å². The SMILES string of the molecule is COc1cc2c(Oc3ccc(NC(=O)c4c5n(n(-c6ccc(F)cc6)c4=O)CCCC5)cc3F)ncnc2cc1OCc1ccccc1. The summed E-state index contributed by atoms with van der Waals surface area (Å²) in [5.41, 5.74) is 2.06. The van der Waals surface area contributed by atoms with Gasteiger partial charge in [-0.2, -0.15) is 0 Å². The van der Waals surface area contributed by atoms with E-state index in [1.807, 2.05) is 30.3 Å². The number of rotatable bonds is 9. The topological polar surface area (TPSA) is 110 Å². The maximum Gasteiger partial charge on any atom is 0.284 e. The van der Waals surface area contributed by atoms with Crippen molar-refractivity contribution in [1.29, 1.82) is 0 Å². The molecule has 0 atom stereocenters. The van der Waals surface area contributed by atoms with Crippen molar-refractivity contribution in [3.05, 3.63) is 130 Å². The molecule has 6 aromatic rings. The number of carbonyl (C=O) groups excluding carboxylic acids is 1. The Morgan fingerprint density at radius 1 is 0.917 bits per heavy atom. The van der Waals surface area contributed by atoms with E-state index in [1.165, 1.54) is 54.5 Å². The molecule has 0 saturated carbocycles. The van der Waals surface area contributed by atoms with Gasteiger partial charge in [0.1, 0.15) is 24.3 Å². The largest absolute Gasteiger partial charge is 0.493 e. The fraction of sp³-hybridized carbons (Fsp3) is 0.167. The molecule has 0 unspecified atom stereocenters. The first-order valence-electron chi connectivity index (χ1n) is 15.3. The van der Waals surface area contributed by atoms with Crippen LogP contribution < -0.4 is 25.1 Å². The Bertz CT molecular complexity index is 2200. The number of anilines is 1. The van der Waals surface area contributed by atoms with Crippen LogP contribution in [0.25, 0.3) is 16.6 Å². The lowest BCUT2D eigenvalue weighted by atomic mass is 10.1. The number of ether oxygens (including phenoxy) is 3. The number of carbonyl (C=O) groups is 1. The summed E-state index contributed by atoms with van der Waals surface area (Å²) < 4.78 is 49.5. The molecular weight excluding hydrogens is 620 g/mol. The summed E-state index contributed by atoms with van der Waals surface area (Å²) >= 11 is 0. The maximum absolute atomic E-state index is 15.4. The highest BCUT2D eigenvalue weighted by molar-refractivity contribution is 6.05. The molecule has 2 aromatic heterocycles. The Morgan fingerprint density at radius 3 is 2.50 bits per heavy atom. The number of aromatic nitrogens is 4. The molecule has 0 aliphatic carbocycles. The highest BCUT2D eigenvalue weighted by Crippen LogP contribution is 2.37. The average Bonchev–Trinajstić information content (AvgIpc) is 3.40. The molecule has 1 amide bonds. The third-order valence-corrected chi connectivity index (χ3v) is 8.10. The lowest BCUT2D eigenvalue weighted by molar-refractivity contribution is 0.102. The Balaban J connectivity index is 1.12. The zero-order chi connectivity index (χ0) is 33.2. The highest BCUT2D eigenvalue weighted by Gasteiger charge is 2.28. The van der Waals surface area contributed by atoms with E-state index < -0.39 is 23.1 Å². The number of fused-ring (bicyclic) bond motifs is 2. The summed E-state index contributed by atoms with van der Waals surface area (Å²) in [4.78, 5) is 35.5. The standard InChI is InChI=1S/C36H29F2N5O5/c1-46-31-18-26-28(19-32(31)47-20-22-7-3-2-4-8-22)39-21-40-35(26)48-30-15-12-24(17-27(30)38)41-34(44)33-29-9-5-6-16-42(29)43(36(33)45)25-13-10-23(37)11-14-25/h2-4,7-8,10-15,17-19,21H,5-6,9,16,20H2,1H3,(H,41,44). The number of hydrogen-bond acceptors (Lipinski definition) is 7. The smallest absolute Gasteiger partial charge is 0.284 e. The second-order valence-corrected chi connectivity index (χ2v) is 11.2. The van der Waals surface area contributed by atoms with Gasteiger partial charge < -0.3 is 19.5 Å². The Labute approximate surface area is 273 Å². The summed E-state index contributed by atoms with van der Waals surface area (Å²) in [6, 6.07) is 22.5. The van der Waals surface area contributed by atoms with E-state index in [0.29, 0.717) is 53.4 Å². The van der Waals surface area contributed by atoms with Gasteiger partial charge in [-0.25, -0.2) is 23.4 Å². The first kappa shape index (κ1) is 30.6. The van der Waals surface area contributed by atoms with Crippen molar-refractivity contribution in [3.63, 3.8) is 0 Å². The van der Waals surface area contributed by atoms with E-state index in [9.17, 15) is 14.0 Å². The van der Waals surface area contributed by atoms with Crippen molar-refractivity contribution < 1.29 is 27.8 Å². The minimum Gasteiger partial charge on any atom is -0.493 e. The average molecular weight is 650 g/mol. The van der Waals surface area contributed by atoms with Crippen LogP contribution in [-0.4, -0.2) is 32.3 Å². The summed E-state index contributed by atoms with van der Waals surface area (Å²) in [7, 11) is 1.51. The molecule has 242 valence electrons. The zero-order valence-corrected chi connectivity index (χ0v) is 25.8. The Hall–Kier alpha value is -6.04. The van der Waals surface area contributed by atoms with Crippen LogP contribution >= 0.6 is 0 Å². The number of halogens is 2. The molecular formula is C36H29F2N5O5. The second kappa shape index (κ2) is 13.0. The van der Waals surface area contributed by atoms with Crippen molar-refractivity contribution >= 4 is 22.5 Å². The van der Waals surface area contributed by atoms with E-state index in [4.69, 9.17) is 14.2 Å². The summed E-state index contributed by atoms with van der Waals surface area (Å²) in [6.07, 6.45) is 3.45. The zero-order valence-electron chi connectivity index (χ0n) is 25.8. The van der Waals surface area contributed by atoms with Crippen LogP contribution in [-0.2, 0) is 19.6 Å². The molecule has 7 rings (SSSR count). The number of hydrogen-bond donors (Lipinski definition) is 1. The van der Waals surface area contributed by atoms with Crippen molar-refractivity contribution in [2.24, 2.45) is 0 Å². The number of methoxy groups -OCH3 is 1. The third-order valence-electron chi connectivity index (χ3n) is 8.10. The van der Waals surface area contributed by atoms with Gasteiger partial charge in [-0.05, 0) is 67.3 Å². The molecule has 48 heavy (non-hydrogen) atoms. The quantitative estimate of drug-likeness (QED) is 0.183. The van der Waals surface area contributed by atoms with Crippen LogP contribution in [0.2, 0.25) is 0 Å². The highest BCUT2D eigenvalue weighted by atomic mass is 19.1. The second-order valence-electron chi connectivity index (χ2n) is 11.2. The van der Waals surface area contributed by atoms with Crippen molar-refractivity contribution in [3.8, 4) is 28.8 Å². The predicted octanol–water partition coefficient (Wildman–Crippen LogP) is 6.83. The maximum atomic E-state index is 15.4. The van der Waals surface area contributed by atoms with Crippen molar-refractivity contribution in [2.45, 2.75) is 32.4 Å². The van der Waals surface area contributed by atoms with E-state index in [-0.39, 0.29) is 22.9 Å². The van der Waals surface area contributed by atoms with Crippen molar-refractivity contribution in [2.75, 3.05) is 12.4 Å². The number of amides is 1. The first-order chi connectivity index (χ1) is 23.4. The number of nitrogens with zero attached hydrogens (tertiary/aromatic N) is 4. The molecule has 1 N–H and O–H groups in total. The van der Waals surface area contributed by atoms with Crippen LogP contribution in [0.1, 0.15) is 34.5 Å². The van der Waals surface area contributed by atoms with Crippen LogP contribution in [0.3, 0.4) is 0 Å². The third kappa shape index (κ3) is 5.95. The normalized spacial score (nSPS) is 12.4. The summed E-state index contributed by atoms with van der Waals surface area (Å²) in [5, 5.41) is 3.12. The Kier molecular flexibility index (Phi) is 8.28. The van der Waals surface area contributed by atoms with Crippen molar-refractivity contribution in [1.82, 2.24) is 19.3 Å². The van der Waals surface area contributed by atoms with Crippen LogP contribution in [0.5, 0.6) is 23.1 Å². The lowest BCUT2D eigenvalue weighted by Crippen LogP contribution is -2.26. The molecule has 0 saturated heterocycles. The van der Waals surface area contributed by atoms with Gasteiger partial charge in [0.05, 0.1) is 29.4 Å². The fourth-order valence-corrected chi connectivity index (χ4v) is 5.79. The monoisotopic (exact) mass is 649 g/mol. The summed E-state index contributed by atoms with van der Waals surface area (Å²) in [6.45, 7) is 0.851. The molecule has 0 radical (unpaired) electrons. The molecule has 1 aliphatic rings. The van der Waals surface area contributed by atoms with Gasteiger partial charge in [-0.3, -0.25) is 14.3 Å². The van der Waals surface area contributed by atoms with Gasteiger partial charge in [0, 0.05) is 24.4 Å². The predicted molar refractivity (Wildman–Crippen MR) is 174 cm³/mol. The van der Waals surface area contributed by atoms with Gasteiger partial charge in [0.15, 0.2) is 23.1 Å². The fourth-order valence-electron chi connectivity index (χ4n) is 5.79. The lowest BCUT2D eigenvalue weighted by Gasteiger charge is -2.19. The Morgan fingerprint density at radius 2 is 1.73 bits per heavy atom. The van der Waals surface area contributed by atoms with Gasteiger partial charge in [0.2, 0.25) is 5.88 Å². The van der Waals surface area contributed by atoms with Gasteiger partial charge in [-0.1, -0.05) is 30.3 Å². The number of nitrogens with one attached hydrogen (secondary N) is 1. The molecule has 12 heteroatoms. The molecule has 0 bridgehead atoms. The van der Waals surface area contributed by atoms with Crippen LogP contribution in [0.4, 0.5) is 14.5 Å². The molecule has 4 aromatic carbocycles. The van der Waals surface area contributed by atoms with Crippen LogP contribution in [0, 0.1) is 11.6 Å². The van der Waals surface area contributed by atoms with E-state index >= 15 is 4.39 Å². The van der Waals surface area contributed by atoms with Gasteiger partial charge in [-0.15, -0.1) is 0 Å². The molecule has 1 aliphatic heterocycles. The van der Waals surface area contributed by atoms with Crippen LogP contribution in [0.15, 0.2) is 96.1 Å². The molecule has 0 spiro atoms. The minimum absolute atomic E-state index is 0.0340. The first-order valence-corrected chi connectivity index (χ1v) is 15.3. The number of benzene rings is 4. The molecule has 0 fully saturated rings. The van der Waals surface area contributed by atoms with Gasteiger partial charge >= 0.3 is 0 Å².